The zero-order valence-corrected chi connectivity index (χ0v) is 33.9. The number of rotatable bonds is 6. The second kappa shape index (κ2) is 12.7. The second-order valence-electron chi connectivity index (χ2n) is 19.1. The minimum Gasteiger partial charge on any atom is -0.309 e. The van der Waals surface area contributed by atoms with Gasteiger partial charge < -0.3 is 4.90 Å². The fourth-order valence-electron chi connectivity index (χ4n) is 13.0. The Labute approximate surface area is 359 Å². The fraction of sp³-hybridized carbons (Fsp3) is 0.276. The zero-order valence-electron chi connectivity index (χ0n) is 39.9. The summed E-state index contributed by atoms with van der Waals surface area (Å²) in [5, 5.41) is 0. The van der Waals surface area contributed by atoms with Crippen molar-refractivity contribution in [1.82, 2.24) is 0 Å². The number of benzene rings is 7. The zero-order chi connectivity index (χ0) is 44.7. The molecule has 0 atom stereocenters. The van der Waals surface area contributed by atoms with E-state index in [2.05, 4.69) is 134 Å². The number of anilines is 3. The van der Waals surface area contributed by atoms with Gasteiger partial charge in [0.2, 0.25) is 0 Å². The van der Waals surface area contributed by atoms with Crippen LogP contribution in [0.5, 0.6) is 0 Å². The third-order valence-corrected chi connectivity index (χ3v) is 15.3. The Kier molecular flexibility index (Phi) is 6.34. The van der Waals surface area contributed by atoms with Crippen molar-refractivity contribution in [3.63, 3.8) is 0 Å². The molecule has 4 bridgehead atoms. The van der Waals surface area contributed by atoms with Gasteiger partial charge in [0.25, 0.3) is 0 Å². The van der Waals surface area contributed by atoms with Crippen LogP contribution >= 0.6 is 0 Å². The molecule has 0 aliphatic heterocycles. The van der Waals surface area contributed by atoms with Crippen molar-refractivity contribution in [2.24, 2.45) is 17.8 Å². The summed E-state index contributed by atoms with van der Waals surface area (Å²) < 4.78 is 54.5. The highest BCUT2D eigenvalue weighted by atomic mass is 15.1. The van der Waals surface area contributed by atoms with Crippen LogP contribution in [0.3, 0.4) is 0 Å². The van der Waals surface area contributed by atoms with Crippen LogP contribution in [-0.4, -0.2) is 0 Å². The summed E-state index contributed by atoms with van der Waals surface area (Å²) in [6, 6.07) is 54.9. The smallest absolute Gasteiger partial charge is 0.0543 e. The Morgan fingerprint density at radius 1 is 0.441 bits per heavy atom. The maximum absolute atomic E-state index is 9.09. The molecule has 4 saturated carbocycles. The predicted octanol–water partition coefficient (Wildman–Crippen LogP) is 15.6. The summed E-state index contributed by atoms with van der Waals surface area (Å²) in [4.78, 5) is 2.27. The van der Waals surface area contributed by atoms with Gasteiger partial charge in [-0.15, -0.1) is 0 Å². The SMILES string of the molecule is [2H]C([2H])([2H])C1(C([2H])([2H])[2H])c2ccccc2-c2ccc(N(c3ccccc3-c3ccc(C45CC6CC(CC(C6)C4)C5)cc3)c3cc4c(cc3-c3ccccc3)-c3ccccc3C4(C)C)cc21. The van der Waals surface area contributed by atoms with Gasteiger partial charge in [-0.1, -0.05) is 155 Å². The topological polar surface area (TPSA) is 3.24 Å². The highest BCUT2D eigenvalue weighted by Gasteiger charge is 2.51. The molecule has 0 amide bonds. The van der Waals surface area contributed by atoms with Crippen LogP contribution in [0.2, 0.25) is 0 Å². The van der Waals surface area contributed by atoms with Crippen LogP contribution in [0.15, 0.2) is 158 Å². The Morgan fingerprint density at radius 3 is 1.66 bits per heavy atom. The van der Waals surface area contributed by atoms with E-state index in [0.29, 0.717) is 27.9 Å². The summed E-state index contributed by atoms with van der Waals surface area (Å²) in [6.45, 7) is -1.20. The van der Waals surface area contributed by atoms with E-state index >= 15 is 0 Å². The summed E-state index contributed by atoms with van der Waals surface area (Å²) in [5.74, 6) is 2.57. The lowest BCUT2D eigenvalue weighted by atomic mass is 9.48. The minimum absolute atomic E-state index is 0.276. The van der Waals surface area contributed by atoms with Crippen molar-refractivity contribution in [2.75, 3.05) is 4.90 Å². The molecule has 13 rings (SSSR count). The highest BCUT2D eigenvalue weighted by Crippen LogP contribution is 2.61. The van der Waals surface area contributed by atoms with E-state index in [9.17, 15) is 0 Å². The maximum atomic E-state index is 9.09. The molecule has 7 aromatic carbocycles. The summed E-state index contributed by atoms with van der Waals surface area (Å²) in [5.41, 5.74) is 12.7. The second-order valence-corrected chi connectivity index (χ2v) is 19.1. The van der Waals surface area contributed by atoms with Crippen LogP contribution in [0.4, 0.5) is 17.1 Å². The Hall–Kier alpha value is -5.66. The average Bonchev–Trinajstić information content (AvgIpc) is 3.72. The number of hydrogen-bond acceptors (Lipinski definition) is 1. The van der Waals surface area contributed by atoms with Crippen molar-refractivity contribution in [3.8, 4) is 44.5 Å². The number of fused-ring (bicyclic) bond motifs is 6. The molecule has 1 heteroatoms. The van der Waals surface area contributed by atoms with Crippen LogP contribution in [0, 0.1) is 17.8 Å². The normalized spacial score (nSPS) is 25.3. The average molecular weight is 770 g/mol. The molecule has 0 spiro atoms. The van der Waals surface area contributed by atoms with E-state index < -0.39 is 19.1 Å². The number of hydrogen-bond donors (Lipinski definition) is 0. The molecule has 0 aromatic heterocycles. The van der Waals surface area contributed by atoms with Crippen molar-refractivity contribution in [3.05, 3.63) is 186 Å². The Balaban J connectivity index is 1.11. The standard InChI is InChI=1S/C58H53N/c1-56(2)50-19-11-8-17-45(50)47-27-26-43(31-52(47)56)59(55-33-53-49(32-48(55)40-14-6-5-7-15-40)46-18-9-12-20-51(46)57(53,3)4)54-21-13-10-16-44(54)41-22-24-42(25-23-41)58-34-37-28-38(35-58)30-39(29-37)36-58/h5-27,31-33,37-39H,28-30,34-36H2,1-4H3/i1D3,2D3. The molecular formula is C58H53N. The summed E-state index contributed by atoms with van der Waals surface area (Å²) in [7, 11) is 0. The van der Waals surface area contributed by atoms with Crippen LogP contribution in [0.1, 0.15) is 102 Å². The van der Waals surface area contributed by atoms with Crippen LogP contribution < -0.4 is 4.90 Å². The van der Waals surface area contributed by atoms with Gasteiger partial charge in [0, 0.05) is 35.9 Å². The lowest BCUT2D eigenvalue weighted by molar-refractivity contribution is -0.00518. The van der Waals surface area contributed by atoms with Gasteiger partial charge in [-0.25, -0.2) is 0 Å². The third kappa shape index (κ3) is 5.22. The van der Waals surface area contributed by atoms with Crippen molar-refractivity contribution in [1.29, 1.82) is 0 Å². The summed E-state index contributed by atoms with van der Waals surface area (Å²) >= 11 is 0. The van der Waals surface area contributed by atoms with E-state index in [1.807, 2.05) is 30.3 Å². The molecule has 0 unspecified atom stereocenters. The summed E-state index contributed by atoms with van der Waals surface area (Å²) in [6.07, 6.45) is 8.14. The quantitative estimate of drug-likeness (QED) is 0.163. The molecule has 0 radical (unpaired) electrons. The first-order chi connectivity index (χ1) is 31.2. The molecule has 6 aliphatic carbocycles. The first-order valence-corrected chi connectivity index (χ1v) is 21.8. The van der Waals surface area contributed by atoms with Crippen LogP contribution in [-0.2, 0) is 16.2 Å². The number of para-hydroxylation sites is 1. The molecule has 59 heavy (non-hydrogen) atoms. The van der Waals surface area contributed by atoms with Gasteiger partial charge in [0.15, 0.2) is 0 Å². The Morgan fingerprint density at radius 2 is 0.983 bits per heavy atom. The van der Waals surface area contributed by atoms with Crippen molar-refractivity contribution in [2.45, 2.75) is 82.3 Å². The van der Waals surface area contributed by atoms with E-state index in [4.69, 9.17) is 8.22 Å². The first kappa shape index (κ1) is 29.5. The molecule has 0 heterocycles. The van der Waals surface area contributed by atoms with Crippen molar-refractivity contribution < 1.29 is 8.22 Å². The largest absolute Gasteiger partial charge is 0.309 e. The molecule has 290 valence electrons. The van der Waals surface area contributed by atoms with E-state index in [-0.39, 0.29) is 10.8 Å². The third-order valence-electron chi connectivity index (χ3n) is 15.3. The maximum Gasteiger partial charge on any atom is 0.0543 e. The van der Waals surface area contributed by atoms with Crippen LogP contribution in [0.25, 0.3) is 44.5 Å². The predicted molar refractivity (Wildman–Crippen MR) is 247 cm³/mol. The van der Waals surface area contributed by atoms with E-state index in [1.165, 1.54) is 66.3 Å². The molecule has 6 aliphatic rings. The first-order valence-electron chi connectivity index (χ1n) is 24.8. The van der Waals surface area contributed by atoms with Gasteiger partial charge in [-0.3, -0.25) is 0 Å². The fourth-order valence-corrected chi connectivity index (χ4v) is 13.0. The molecule has 0 N–H and O–H groups in total. The number of nitrogens with zero attached hydrogens (tertiary/aromatic N) is 1. The minimum atomic E-state index is -2.89. The molecule has 7 aromatic rings. The molecule has 4 fully saturated rings. The van der Waals surface area contributed by atoms with Gasteiger partial charge in [0.1, 0.15) is 0 Å². The lowest BCUT2D eigenvalue weighted by Gasteiger charge is -2.57. The van der Waals surface area contributed by atoms with Gasteiger partial charge in [-0.05, 0) is 153 Å². The monoisotopic (exact) mass is 769 g/mol. The van der Waals surface area contributed by atoms with Crippen molar-refractivity contribution >= 4 is 17.1 Å². The van der Waals surface area contributed by atoms with Gasteiger partial charge in [0.05, 0.1) is 11.4 Å². The molecule has 0 saturated heterocycles. The highest BCUT2D eigenvalue weighted by molar-refractivity contribution is 5.98. The van der Waals surface area contributed by atoms with Gasteiger partial charge in [-0.2, -0.15) is 0 Å². The van der Waals surface area contributed by atoms with Gasteiger partial charge >= 0.3 is 0 Å². The lowest BCUT2D eigenvalue weighted by Crippen LogP contribution is -2.48. The van der Waals surface area contributed by atoms with E-state index in [0.717, 1.165) is 51.4 Å². The van der Waals surface area contributed by atoms with E-state index in [1.54, 1.807) is 12.1 Å². The Bertz CT molecular complexity index is 2980. The molecular weight excluding hydrogens is 711 g/mol. The molecule has 1 nitrogen and oxygen atoms in total.